The van der Waals surface area contributed by atoms with E-state index in [4.69, 9.17) is 21.1 Å². The SMILES string of the molecule is O=C(Nc1ccc(Cl)cc1)OCCCNC(=O)Oc1ccccc1. The fraction of sp³-hybridized carbons (Fsp3) is 0.176. The minimum atomic E-state index is -0.566. The highest BCUT2D eigenvalue weighted by Gasteiger charge is 2.05. The zero-order chi connectivity index (χ0) is 17.2. The summed E-state index contributed by atoms with van der Waals surface area (Å²) in [5.41, 5.74) is 0.592. The molecule has 2 aromatic carbocycles. The zero-order valence-corrected chi connectivity index (χ0v) is 13.6. The van der Waals surface area contributed by atoms with Crippen molar-refractivity contribution in [3.05, 3.63) is 59.6 Å². The maximum atomic E-state index is 11.6. The highest BCUT2D eigenvalue weighted by Crippen LogP contribution is 2.13. The number of carbonyl (C=O) groups is 2. The average molecular weight is 349 g/mol. The third-order valence-corrected chi connectivity index (χ3v) is 3.12. The summed E-state index contributed by atoms with van der Waals surface area (Å²) in [4.78, 5) is 23.1. The Balaban J connectivity index is 1.56. The molecule has 0 saturated heterocycles. The first-order valence-electron chi connectivity index (χ1n) is 7.33. The van der Waals surface area contributed by atoms with Gasteiger partial charge in [0.1, 0.15) is 5.75 Å². The van der Waals surface area contributed by atoms with Crippen LogP contribution in [0.2, 0.25) is 5.02 Å². The Bertz CT molecular complexity index is 662. The largest absolute Gasteiger partial charge is 0.449 e. The lowest BCUT2D eigenvalue weighted by atomic mass is 10.3. The van der Waals surface area contributed by atoms with Crippen molar-refractivity contribution >= 4 is 29.5 Å². The Kier molecular flexibility index (Phi) is 6.91. The van der Waals surface area contributed by atoms with E-state index < -0.39 is 12.2 Å². The number of carbonyl (C=O) groups excluding carboxylic acids is 2. The van der Waals surface area contributed by atoms with Gasteiger partial charge in [-0.3, -0.25) is 5.32 Å². The molecule has 2 N–H and O–H groups in total. The summed E-state index contributed by atoms with van der Waals surface area (Å²) in [7, 11) is 0. The fourth-order valence-electron chi connectivity index (χ4n) is 1.75. The van der Waals surface area contributed by atoms with Crippen LogP contribution in [0.1, 0.15) is 6.42 Å². The van der Waals surface area contributed by atoms with Crippen molar-refractivity contribution in [2.24, 2.45) is 0 Å². The Labute approximate surface area is 144 Å². The van der Waals surface area contributed by atoms with E-state index in [0.717, 1.165) is 0 Å². The minimum Gasteiger partial charge on any atom is -0.449 e. The molecule has 2 amide bonds. The molecule has 0 atom stereocenters. The lowest BCUT2D eigenvalue weighted by molar-refractivity contribution is 0.159. The van der Waals surface area contributed by atoms with Gasteiger partial charge in [-0.15, -0.1) is 0 Å². The van der Waals surface area contributed by atoms with Crippen LogP contribution in [0.4, 0.5) is 15.3 Å². The number of benzene rings is 2. The predicted molar refractivity (Wildman–Crippen MR) is 91.5 cm³/mol. The van der Waals surface area contributed by atoms with E-state index in [1.54, 1.807) is 48.5 Å². The Morgan fingerprint density at radius 3 is 2.38 bits per heavy atom. The van der Waals surface area contributed by atoms with Crippen LogP contribution < -0.4 is 15.4 Å². The smallest absolute Gasteiger partial charge is 0.412 e. The number of hydrogen-bond acceptors (Lipinski definition) is 4. The summed E-state index contributed by atoms with van der Waals surface area (Å²) in [6.45, 7) is 0.505. The number of anilines is 1. The van der Waals surface area contributed by atoms with Gasteiger partial charge >= 0.3 is 12.2 Å². The van der Waals surface area contributed by atoms with Crippen LogP contribution in [0.3, 0.4) is 0 Å². The zero-order valence-electron chi connectivity index (χ0n) is 12.8. The maximum absolute atomic E-state index is 11.6. The molecule has 0 aliphatic heterocycles. The molecule has 0 aliphatic carbocycles. The third kappa shape index (κ3) is 6.58. The van der Waals surface area contributed by atoms with Gasteiger partial charge in [0.2, 0.25) is 0 Å². The Morgan fingerprint density at radius 2 is 1.67 bits per heavy atom. The number of nitrogens with one attached hydrogen (secondary N) is 2. The highest BCUT2D eigenvalue weighted by atomic mass is 35.5. The number of para-hydroxylation sites is 1. The van der Waals surface area contributed by atoms with Crippen LogP contribution in [0.15, 0.2) is 54.6 Å². The summed E-state index contributed by atoms with van der Waals surface area (Å²) in [6.07, 6.45) is -0.645. The molecular formula is C17H17ClN2O4. The number of halogens is 1. The summed E-state index contributed by atoms with van der Waals surface area (Å²) >= 11 is 5.75. The second-order valence-corrected chi connectivity index (χ2v) is 5.19. The minimum absolute atomic E-state index is 0.172. The third-order valence-electron chi connectivity index (χ3n) is 2.87. The predicted octanol–water partition coefficient (Wildman–Crippen LogP) is 4.07. The maximum Gasteiger partial charge on any atom is 0.412 e. The second kappa shape index (κ2) is 9.42. The summed E-state index contributed by atoms with van der Waals surface area (Å²) in [5.74, 6) is 0.466. The van der Waals surface area contributed by atoms with Gasteiger partial charge in [-0.2, -0.15) is 0 Å². The molecule has 0 bridgehead atoms. The van der Waals surface area contributed by atoms with Gasteiger partial charge in [0.15, 0.2) is 0 Å². The van der Waals surface area contributed by atoms with Crippen molar-refractivity contribution in [1.29, 1.82) is 0 Å². The van der Waals surface area contributed by atoms with Crippen LogP contribution in [0.5, 0.6) is 5.75 Å². The van der Waals surface area contributed by atoms with E-state index in [1.807, 2.05) is 6.07 Å². The Hall–Kier alpha value is -2.73. The van der Waals surface area contributed by atoms with Gasteiger partial charge in [-0.25, -0.2) is 9.59 Å². The van der Waals surface area contributed by atoms with Crippen LogP contribution >= 0.6 is 11.6 Å². The number of rotatable bonds is 6. The van der Waals surface area contributed by atoms with Crippen molar-refractivity contribution in [1.82, 2.24) is 5.32 Å². The van der Waals surface area contributed by atoms with Gasteiger partial charge < -0.3 is 14.8 Å². The number of amides is 2. The van der Waals surface area contributed by atoms with Crippen LogP contribution in [-0.4, -0.2) is 25.3 Å². The number of ether oxygens (including phenoxy) is 2. The van der Waals surface area contributed by atoms with E-state index in [0.29, 0.717) is 29.4 Å². The topological polar surface area (TPSA) is 76.7 Å². The van der Waals surface area contributed by atoms with E-state index >= 15 is 0 Å². The molecule has 0 saturated carbocycles. The Morgan fingerprint density at radius 1 is 0.958 bits per heavy atom. The summed E-state index contributed by atoms with van der Waals surface area (Å²) < 4.78 is 10.1. The van der Waals surface area contributed by atoms with Gasteiger partial charge in [0, 0.05) is 17.3 Å². The van der Waals surface area contributed by atoms with Gasteiger partial charge in [0.25, 0.3) is 0 Å². The molecule has 0 spiro atoms. The molecule has 0 heterocycles. The molecular weight excluding hydrogens is 332 g/mol. The standard InChI is InChI=1S/C17H17ClN2O4/c18-13-7-9-14(10-8-13)20-17(22)23-12-4-11-19-16(21)24-15-5-2-1-3-6-15/h1-3,5-10H,4,11-12H2,(H,19,21)(H,20,22). The molecule has 2 rings (SSSR count). The summed E-state index contributed by atoms with van der Waals surface area (Å²) in [6, 6.07) is 15.4. The lowest BCUT2D eigenvalue weighted by Gasteiger charge is -2.08. The quantitative estimate of drug-likeness (QED) is 0.771. The van der Waals surface area contributed by atoms with Crippen molar-refractivity contribution in [2.45, 2.75) is 6.42 Å². The molecule has 0 aliphatic rings. The average Bonchev–Trinajstić information content (AvgIpc) is 2.57. The first-order valence-corrected chi connectivity index (χ1v) is 7.71. The first kappa shape index (κ1) is 17.6. The molecule has 0 radical (unpaired) electrons. The van der Waals surface area contributed by atoms with E-state index in [2.05, 4.69) is 10.6 Å². The van der Waals surface area contributed by atoms with Crippen molar-refractivity contribution < 1.29 is 19.1 Å². The second-order valence-electron chi connectivity index (χ2n) is 4.75. The van der Waals surface area contributed by atoms with E-state index in [9.17, 15) is 9.59 Å². The molecule has 0 fully saturated rings. The van der Waals surface area contributed by atoms with E-state index in [-0.39, 0.29) is 6.61 Å². The van der Waals surface area contributed by atoms with Crippen LogP contribution in [0.25, 0.3) is 0 Å². The molecule has 2 aromatic rings. The molecule has 0 aromatic heterocycles. The van der Waals surface area contributed by atoms with E-state index in [1.165, 1.54) is 0 Å². The van der Waals surface area contributed by atoms with Crippen molar-refractivity contribution in [2.75, 3.05) is 18.5 Å². The van der Waals surface area contributed by atoms with Crippen LogP contribution in [-0.2, 0) is 4.74 Å². The molecule has 6 nitrogen and oxygen atoms in total. The first-order chi connectivity index (χ1) is 11.6. The monoisotopic (exact) mass is 348 g/mol. The molecule has 24 heavy (non-hydrogen) atoms. The molecule has 126 valence electrons. The normalized spacial score (nSPS) is 9.88. The van der Waals surface area contributed by atoms with Gasteiger partial charge in [-0.1, -0.05) is 29.8 Å². The molecule has 0 unspecified atom stereocenters. The van der Waals surface area contributed by atoms with Gasteiger partial charge in [-0.05, 0) is 42.8 Å². The number of hydrogen-bond donors (Lipinski definition) is 2. The van der Waals surface area contributed by atoms with Crippen molar-refractivity contribution in [3.8, 4) is 5.75 Å². The summed E-state index contributed by atoms with van der Waals surface area (Å²) in [5, 5.41) is 5.73. The fourth-order valence-corrected chi connectivity index (χ4v) is 1.87. The molecule has 7 heteroatoms. The van der Waals surface area contributed by atoms with Crippen LogP contribution in [0, 0.1) is 0 Å². The van der Waals surface area contributed by atoms with Gasteiger partial charge in [0.05, 0.1) is 6.61 Å². The highest BCUT2D eigenvalue weighted by molar-refractivity contribution is 6.30. The lowest BCUT2D eigenvalue weighted by Crippen LogP contribution is -2.28. The van der Waals surface area contributed by atoms with Crippen molar-refractivity contribution in [3.63, 3.8) is 0 Å².